The smallest absolute Gasteiger partial charge is 0.264 e. The van der Waals surface area contributed by atoms with Gasteiger partial charge in [0.2, 0.25) is 0 Å². The van der Waals surface area contributed by atoms with Crippen LogP contribution in [0.3, 0.4) is 0 Å². The van der Waals surface area contributed by atoms with Gasteiger partial charge in [0.25, 0.3) is 0 Å². The van der Waals surface area contributed by atoms with Crippen LogP contribution in [0, 0.1) is 79.0 Å². The van der Waals surface area contributed by atoms with Crippen LogP contribution in [0.15, 0.2) is 0 Å². The van der Waals surface area contributed by atoms with E-state index in [1.54, 1.807) is 0 Å². The van der Waals surface area contributed by atoms with Gasteiger partial charge in [-0.3, -0.25) is 9.11 Å². The van der Waals surface area contributed by atoms with Crippen molar-refractivity contribution in [2.75, 3.05) is 0 Å². The molecule has 0 saturated carbocycles. The van der Waals surface area contributed by atoms with Crippen LogP contribution < -0.4 is 0 Å². The van der Waals surface area contributed by atoms with Gasteiger partial charge in [-0.1, -0.05) is 0 Å². The van der Waals surface area contributed by atoms with E-state index in [2.05, 4.69) is 0 Å². The molecule has 0 aromatic heterocycles. The average molecular weight is 407 g/mol. The summed E-state index contributed by atoms with van der Waals surface area (Å²) in [6, 6.07) is 0. The first-order valence-corrected chi connectivity index (χ1v) is 2.10. The van der Waals surface area contributed by atoms with Crippen LogP contribution >= 0.6 is 0 Å². The van der Waals surface area contributed by atoms with Crippen molar-refractivity contribution in [3.8, 4) is 0 Å². The summed E-state index contributed by atoms with van der Waals surface area (Å²) in [4.78, 5) is 0. The number of hydrogen-bond acceptors (Lipinski definition) is 2. The van der Waals surface area contributed by atoms with Crippen LogP contribution in [-0.2, 0) is 10.4 Å². The number of rotatable bonds is 0. The van der Waals surface area contributed by atoms with Crippen molar-refractivity contribution in [3.05, 3.63) is 0 Å². The Morgan fingerprint density at radius 1 is 1.14 bits per heavy atom. The van der Waals surface area contributed by atoms with E-state index in [0.717, 1.165) is 0 Å². The Hall–Kier alpha value is 2.49. The average Bonchev–Trinajstić information content (AvgIpc) is 0.722. The van der Waals surface area contributed by atoms with E-state index in [9.17, 15) is 0 Å². The van der Waals surface area contributed by atoms with Crippen molar-refractivity contribution < 1.29 is 96.5 Å². The molecule has 7 heteroatoms. The first kappa shape index (κ1) is 16.2. The Bertz CT molecular complexity index is 94.9. The number of hydrogen-bond donors (Lipinski definition) is 2. The molecule has 0 aliphatic rings. The fourth-order valence-corrected chi connectivity index (χ4v) is 0. The summed E-state index contributed by atoms with van der Waals surface area (Å²) in [6.07, 6.45) is 0. The third-order valence-corrected chi connectivity index (χ3v) is 0. The van der Waals surface area contributed by atoms with Gasteiger partial charge in [0, 0.05) is 79.0 Å². The molecule has 1 radical (unpaired) electrons. The van der Waals surface area contributed by atoms with Gasteiger partial charge in [-0.25, -0.2) is 0 Å². The molecule has 0 saturated heterocycles. The molecule has 0 fully saturated rings. The summed E-state index contributed by atoms with van der Waals surface area (Å²) in [5.74, 6) is 0. The minimum absolute atomic E-state index is 0. The summed E-state index contributed by atoms with van der Waals surface area (Å²) >= 11 is 0. The molecule has 0 amide bonds. The summed E-state index contributed by atoms with van der Waals surface area (Å²) in [7, 11) is -4.67. The van der Waals surface area contributed by atoms with Crippen molar-refractivity contribution in [2.24, 2.45) is 0 Å². The molecule has 0 aromatic carbocycles. The van der Waals surface area contributed by atoms with E-state index in [0.29, 0.717) is 0 Å². The van der Waals surface area contributed by atoms with Crippen LogP contribution in [0.5, 0.6) is 0 Å². The maximum atomic E-state index is 8.74. The maximum absolute atomic E-state index is 8.74. The molecular weight excluding hydrogens is 405 g/mol. The molecule has 0 aliphatic heterocycles. The molecule has 0 aliphatic carbocycles. The maximum Gasteiger partial charge on any atom is 0.394 e. The van der Waals surface area contributed by atoms with Gasteiger partial charge in [-0.2, -0.15) is 8.42 Å². The van der Waals surface area contributed by atoms with E-state index in [-0.39, 0.29) is 79.0 Å². The third kappa shape index (κ3) is 57.6. The Morgan fingerprint density at radius 3 is 1.14 bits per heavy atom. The quantitative estimate of drug-likeness (QED) is 0.524. The van der Waals surface area contributed by atoms with Gasteiger partial charge in [0.15, 0.2) is 0 Å². The molecule has 0 aromatic rings. The van der Waals surface area contributed by atoms with Gasteiger partial charge in [0.05, 0.1) is 0 Å². The molecule has 0 spiro atoms. The van der Waals surface area contributed by atoms with E-state index < -0.39 is 10.4 Å². The monoisotopic (exact) mass is 409 g/mol. The second-order valence-electron chi connectivity index (χ2n) is 0.448. The van der Waals surface area contributed by atoms with E-state index in [1.807, 2.05) is 0 Å². The zero-order valence-corrected chi connectivity index (χ0v) is 8.44. The third-order valence-electron chi connectivity index (χ3n) is 0. The molecule has 2 N–H and O–H groups in total. The first-order valence-electron chi connectivity index (χ1n) is 0.698. The SMILES string of the molecule is O=S(=O)(O)O.[Sm].[Tb]. The second kappa shape index (κ2) is 6.61. The first-order chi connectivity index (χ1) is 2.00. The van der Waals surface area contributed by atoms with Gasteiger partial charge in [-0.15, -0.1) is 0 Å². The summed E-state index contributed by atoms with van der Waals surface area (Å²) in [6.45, 7) is 0. The van der Waals surface area contributed by atoms with E-state index in [1.165, 1.54) is 0 Å². The van der Waals surface area contributed by atoms with Crippen LogP contribution in [0.1, 0.15) is 0 Å². The van der Waals surface area contributed by atoms with E-state index in [4.69, 9.17) is 17.5 Å². The molecular formula is H2O4SSmTb. The molecule has 0 atom stereocenters. The standard InChI is InChI=1S/H2O4S.Sm.Tb/c1-5(2,3)4;;/h(H2,1,2,3,4);;. The molecule has 0 bridgehead atoms. The van der Waals surface area contributed by atoms with Crippen molar-refractivity contribution in [1.82, 2.24) is 0 Å². The Labute approximate surface area is 105 Å². The van der Waals surface area contributed by atoms with E-state index >= 15 is 0 Å². The van der Waals surface area contributed by atoms with Gasteiger partial charge in [-0.05, 0) is 0 Å². The van der Waals surface area contributed by atoms with Gasteiger partial charge >= 0.3 is 10.4 Å². The van der Waals surface area contributed by atoms with Crippen LogP contribution in [0.4, 0.5) is 0 Å². The fraction of sp³-hybridized carbons (Fsp3) is 0. The Balaban J connectivity index is -0.0000000800. The molecule has 0 rings (SSSR count). The Kier molecular flexibility index (Phi) is 15.3. The molecule has 0 unspecified atom stereocenters. The van der Waals surface area contributed by atoms with Crippen LogP contribution in [0.25, 0.3) is 0 Å². The molecule has 4 nitrogen and oxygen atoms in total. The van der Waals surface area contributed by atoms with Crippen molar-refractivity contribution in [3.63, 3.8) is 0 Å². The van der Waals surface area contributed by atoms with Crippen LogP contribution in [0.2, 0.25) is 0 Å². The summed E-state index contributed by atoms with van der Waals surface area (Å²) in [5, 5.41) is 0. The Morgan fingerprint density at radius 2 is 1.14 bits per heavy atom. The summed E-state index contributed by atoms with van der Waals surface area (Å²) < 4.78 is 31.6. The zero-order valence-electron chi connectivity index (χ0n) is 2.86. The normalized spacial score (nSPS) is 8.29. The second-order valence-corrected chi connectivity index (χ2v) is 1.34. The van der Waals surface area contributed by atoms with Gasteiger partial charge < -0.3 is 0 Å². The predicted molar refractivity (Wildman–Crippen MR) is 14.2 cm³/mol. The summed E-state index contributed by atoms with van der Waals surface area (Å²) in [5.41, 5.74) is 0. The zero-order chi connectivity index (χ0) is 4.50. The van der Waals surface area contributed by atoms with Crippen molar-refractivity contribution in [2.45, 2.75) is 0 Å². The molecule has 7 heavy (non-hydrogen) atoms. The largest absolute Gasteiger partial charge is 0.394 e. The van der Waals surface area contributed by atoms with Crippen molar-refractivity contribution >= 4 is 10.4 Å². The fourth-order valence-electron chi connectivity index (χ4n) is 0. The van der Waals surface area contributed by atoms with Crippen LogP contribution in [-0.4, -0.2) is 17.5 Å². The predicted octanol–water partition coefficient (Wildman–Crippen LogP) is -0.653. The topological polar surface area (TPSA) is 74.6 Å². The molecule has 0 heterocycles. The molecule has 47 valence electrons. The minimum atomic E-state index is -4.67. The van der Waals surface area contributed by atoms with Crippen molar-refractivity contribution in [1.29, 1.82) is 0 Å². The minimum Gasteiger partial charge on any atom is -0.264 e. The van der Waals surface area contributed by atoms with Gasteiger partial charge in [0.1, 0.15) is 0 Å².